The van der Waals surface area contributed by atoms with Crippen molar-refractivity contribution in [2.24, 2.45) is 0 Å². The van der Waals surface area contributed by atoms with Crippen molar-refractivity contribution in [3.63, 3.8) is 0 Å². The normalized spacial score (nSPS) is 12.6. The molecule has 0 bridgehead atoms. The zero-order valence-corrected chi connectivity index (χ0v) is 10.4. The van der Waals surface area contributed by atoms with E-state index < -0.39 is 6.10 Å². The lowest BCUT2D eigenvalue weighted by atomic mass is 10.1. The Morgan fingerprint density at radius 2 is 1.94 bits per heavy atom. The highest BCUT2D eigenvalue weighted by Crippen LogP contribution is 2.07. The van der Waals surface area contributed by atoms with E-state index in [1.165, 1.54) is 12.1 Å². The summed E-state index contributed by atoms with van der Waals surface area (Å²) in [4.78, 5) is 0. The Bertz CT molecular complexity index is 298. The van der Waals surface area contributed by atoms with Gasteiger partial charge in [0.25, 0.3) is 0 Å². The lowest BCUT2D eigenvalue weighted by Gasteiger charge is -2.10. The molecule has 0 aromatic heterocycles. The lowest BCUT2D eigenvalue weighted by molar-refractivity contribution is 0.0807. The molecule has 0 aliphatic heterocycles. The van der Waals surface area contributed by atoms with Crippen LogP contribution in [0.4, 0.5) is 4.39 Å². The molecule has 3 heteroatoms. The molecule has 0 radical (unpaired) electrons. The number of benzene rings is 1. The molecule has 0 fully saturated rings. The Labute approximate surface area is 102 Å². The van der Waals surface area contributed by atoms with Crippen molar-refractivity contribution in [1.82, 2.24) is 0 Å². The fourth-order valence-electron chi connectivity index (χ4n) is 1.56. The van der Waals surface area contributed by atoms with E-state index in [9.17, 15) is 9.50 Å². The monoisotopic (exact) mass is 240 g/mol. The highest BCUT2D eigenvalue weighted by atomic mass is 19.1. The summed E-state index contributed by atoms with van der Waals surface area (Å²) >= 11 is 0. The zero-order valence-electron chi connectivity index (χ0n) is 10.4. The second-order valence-electron chi connectivity index (χ2n) is 4.24. The van der Waals surface area contributed by atoms with Gasteiger partial charge in [-0.25, -0.2) is 4.39 Å². The molecule has 1 aromatic carbocycles. The van der Waals surface area contributed by atoms with Gasteiger partial charge in [0.2, 0.25) is 0 Å². The molecule has 0 amide bonds. The average Bonchev–Trinajstić information content (AvgIpc) is 2.32. The van der Waals surface area contributed by atoms with E-state index in [1.807, 2.05) is 0 Å². The highest BCUT2D eigenvalue weighted by Gasteiger charge is 2.05. The van der Waals surface area contributed by atoms with Crippen molar-refractivity contribution >= 4 is 0 Å². The molecule has 0 saturated carbocycles. The summed E-state index contributed by atoms with van der Waals surface area (Å²) in [5.74, 6) is -0.244. The Kier molecular flexibility index (Phi) is 6.82. The number of ether oxygens (including phenoxy) is 1. The van der Waals surface area contributed by atoms with E-state index in [4.69, 9.17) is 4.74 Å². The van der Waals surface area contributed by atoms with Crippen molar-refractivity contribution in [2.75, 3.05) is 13.2 Å². The van der Waals surface area contributed by atoms with Gasteiger partial charge in [-0.15, -0.1) is 0 Å². The summed E-state index contributed by atoms with van der Waals surface area (Å²) in [5, 5.41) is 9.75. The van der Waals surface area contributed by atoms with Crippen LogP contribution in [0.2, 0.25) is 0 Å². The summed E-state index contributed by atoms with van der Waals surface area (Å²) in [6.45, 7) is 3.47. The van der Waals surface area contributed by atoms with Crippen molar-refractivity contribution in [1.29, 1.82) is 0 Å². The first kappa shape index (κ1) is 14.1. The van der Waals surface area contributed by atoms with E-state index in [2.05, 4.69) is 6.92 Å². The molecule has 0 heterocycles. The molecule has 96 valence electrons. The van der Waals surface area contributed by atoms with Crippen LogP contribution in [0.3, 0.4) is 0 Å². The first-order valence-corrected chi connectivity index (χ1v) is 6.22. The number of hydrogen-bond donors (Lipinski definition) is 1. The second-order valence-corrected chi connectivity index (χ2v) is 4.24. The van der Waals surface area contributed by atoms with E-state index in [0.29, 0.717) is 19.4 Å². The van der Waals surface area contributed by atoms with Gasteiger partial charge in [-0.1, -0.05) is 25.5 Å². The summed E-state index contributed by atoms with van der Waals surface area (Å²) in [7, 11) is 0. The number of unbranched alkanes of at least 4 members (excludes halogenated alkanes) is 1. The molecule has 1 atom stereocenters. The van der Waals surface area contributed by atoms with Gasteiger partial charge in [-0.2, -0.15) is 0 Å². The molecule has 0 saturated heterocycles. The maximum absolute atomic E-state index is 12.7. The Morgan fingerprint density at radius 1 is 1.24 bits per heavy atom. The predicted octanol–water partition coefficient (Wildman–Crippen LogP) is 2.94. The Morgan fingerprint density at radius 3 is 2.59 bits per heavy atom. The molecule has 1 unspecified atom stereocenters. The molecule has 1 N–H and O–H groups in total. The summed E-state index contributed by atoms with van der Waals surface area (Å²) in [5.41, 5.74) is 0.951. The van der Waals surface area contributed by atoms with E-state index in [0.717, 1.165) is 25.0 Å². The molecule has 2 nitrogen and oxygen atoms in total. The van der Waals surface area contributed by atoms with Gasteiger partial charge >= 0.3 is 0 Å². The fourth-order valence-corrected chi connectivity index (χ4v) is 1.56. The number of rotatable bonds is 8. The van der Waals surface area contributed by atoms with Crippen LogP contribution in [0.15, 0.2) is 24.3 Å². The van der Waals surface area contributed by atoms with Crippen molar-refractivity contribution in [3.8, 4) is 0 Å². The Balaban J connectivity index is 2.16. The molecule has 17 heavy (non-hydrogen) atoms. The maximum Gasteiger partial charge on any atom is 0.123 e. The van der Waals surface area contributed by atoms with Gasteiger partial charge in [0.15, 0.2) is 0 Å². The Hall–Kier alpha value is -0.930. The predicted molar refractivity (Wildman–Crippen MR) is 66.5 cm³/mol. The minimum atomic E-state index is -0.415. The van der Waals surface area contributed by atoms with Gasteiger partial charge in [-0.3, -0.25) is 0 Å². The van der Waals surface area contributed by atoms with Crippen LogP contribution in [-0.2, 0) is 11.2 Å². The van der Waals surface area contributed by atoms with E-state index >= 15 is 0 Å². The summed E-state index contributed by atoms with van der Waals surface area (Å²) in [6, 6.07) is 6.24. The van der Waals surface area contributed by atoms with Crippen LogP contribution in [-0.4, -0.2) is 24.4 Å². The molecule has 0 aliphatic carbocycles. The van der Waals surface area contributed by atoms with Crippen molar-refractivity contribution in [2.45, 2.75) is 38.7 Å². The van der Waals surface area contributed by atoms with Gasteiger partial charge in [0, 0.05) is 13.2 Å². The largest absolute Gasteiger partial charge is 0.393 e. The third-order valence-corrected chi connectivity index (χ3v) is 2.62. The minimum Gasteiger partial charge on any atom is -0.393 e. The first-order valence-electron chi connectivity index (χ1n) is 6.22. The fraction of sp³-hybridized carbons (Fsp3) is 0.571. The average molecular weight is 240 g/mol. The quantitative estimate of drug-likeness (QED) is 0.708. The molecule has 0 spiro atoms. The van der Waals surface area contributed by atoms with Crippen LogP contribution in [0.25, 0.3) is 0 Å². The first-order chi connectivity index (χ1) is 8.22. The number of hydrogen-bond acceptors (Lipinski definition) is 2. The van der Waals surface area contributed by atoms with Gasteiger partial charge in [0.05, 0.1) is 6.10 Å². The van der Waals surface area contributed by atoms with Crippen LogP contribution in [0.1, 0.15) is 31.7 Å². The molecule has 1 rings (SSSR count). The van der Waals surface area contributed by atoms with Crippen LogP contribution >= 0.6 is 0 Å². The second kappa shape index (κ2) is 8.20. The third-order valence-electron chi connectivity index (χ3n) is 2.62. The molecular formula is C14H21FO2. The SMILES string of the molecule is CCCCOCCC(O)Cc1ccc(F)cc1. The third kappa shape index (κ3) is 6.39. The van der Waals surface area contributed by atoms with Crippen LogP contribution in [0, 0.1) is 5.82 Å². The van der Waals surface area contributed by atoms with Gasteiger partial charge in [-0.05, 0) is 37.0 Å². The smallest absolute Gasteiger partial charge is 0.123 e. The van der Waals surface area contributed by atoms with E-state index in [1.54, 1.807) is 12.1 Å². The lowest BCUT2D eigenvalue weighted by Crippen LogP contribution is -2.14. The topological polar surface area (TPSA) is 29.5 Å². The standard InChI is InChI=1S/C14H21FO2/c1-2-3-9-17-10-8-14(16)11-12-4-6-13(15)7-5-12/h4-7,14,16H,2-3,8-11H2,1H3. The van der Waals surface area contributed by atoms with Crippen LogP contribution in [0.5, 0.6) is 0 Å². The number of halogens is 1. The molecular weight excluding hydrogens is 219 g/mol. The number of aliphatic hydroxyl groups is 1. The van der Waals surface area contributed by atoms with Crippen LogP contribution < -0.4 is 0 Å². The van der Waals surface area contributed by atoms with Gasteiger partial charge in [0.1, 0.15) is 5.82 Å². The van der Waals surface area contributed by atoms with Gasteiger partial charge < -0.3 is 9.84 Å². The zero-order chi connectivity index (χ0) is 12.5. The highest BCUT2D eigenvalue weighted by molar-refractivity contribution is 5.16. The maximum atomic E-state index is 12.7. The van der Waals surface area contributed by atoms with E-state index in [-0.39, 0.29) is 5.82 Å². The molecule has 0 aliphatic rings. The number of aliphatic hydroxyl groups excluding tert-OH is 1. The minimum absolute atomic E-state index is 0.244. The summed E-state index contributed by atoms with van der Waals surface area (Å²) < 4.78 is 18.0. The summed E-state index contributed by atoms with van der Waals surface area (Å²) in [6.07, 6.45) is 2.95. The molecule has 1 aromatic rings. The van der Waals surface area contributed by atoms with Crippen molar-refractivity contribution < 1.29 is 14.2 Å². The van der Waals surface area contributed by atoms with Crippen molar-refractivity contribution in [3.05, 3.63) is 35.6 Å².